The van der Waals surface area contributed by atoms with Gasteiger partial charge in [-0.1, -0.05) is 0 Å². The summed E-state index contributed by atoms with van der Waals surface area (Å²) in [6.07, 6.45) is 0.927. The molecule has 0 aliphatic carbocycles. The molecule has 4 nitrogen and oxygen atoms in total. The predicted molar refractivity (Wildman–Crippen MR) is 61.6 cm³/mol. The standard InChI is InChI=1S/C7H16IO4P/c8-13-12-4-1-3-10-6-7-11-5-2-9/h9,13H,1-7H2. The molecule has 80 valence electrons. The summed E-state index contributed by atoms with van der Waals surface area (Å²) in [6.45, 7) is 3.61. The summed E-state index contributed by atoms with van der Waals surface area (Å²) in [7, 11) is 0. The van der Waals surface area contributed by atoms with Crippen molar-refractivity contribution in [1.82, 2.24) is 0 Å². The van der Waals surface area contributed by atoms with Crippen LogP contribution in [-0.2, 0) is 14.0 Å². The molecule has 0 aliphatic rings. The normalized spacial score (nSPS) is 11.5. The first-order valence-electron chi connectivity index (χ1n) is 4.15. The summed E-state index contributed by atoms with van der Waals surface area (Å²) in [4.78, 5) is 0. The van der Waals surface area contributed by atoms with Gasteiger partial charge < -0.3 is 19.1 Å². The lowest BCUT2D eigenvalue weighted by Crippen LogP contribution is -2.08. The average Bonchev–Trinajstić information content (AvgIpc) is 2.16. The van der Waals surface area contributed by atoms with Gasteiger partial charge in [-0.3, -0.25) is 0 Å². The van der Waals surface area contributed by atoms with Gasteiger partial charge in [-0.25, -0.2) is 0 Å². The Morgan fingerprint density at radius 3 is 2.31 bits per heavy atom. The van der Waals surface area contributed by atoms with Crippen LogP contribution < -0.4 is 0 Å². The van der Waals surface area contributed by atoms with Gasteiger partial charge in [0.1, 0.15) is 0 Å². The summed E-state index contributed by atoms with van der Waals surface area (Å²) in [5, 5.41) is 8.38. The van der Waals surface area contributed by atoms with E-state index < -0.39 is 0 Å². The van der Waals surface area contributed by atoms with E-state index in [9.17, 15) is 0 Å². The SMILES string of the molecule is OCCOCCOCCCOPI. The summed E-state index contributed by atoms with van der Waals surface area (Å²) < 4.78 is 15.4. The first kappa shape index (κ1) is 14.0. The van der Waals surface area contributed by atoms with E-state index >= 15 is 0 Å². The van der Waals surface area contributed by atoms with Crippen LogP contribution >= 0.6 is 28.5 Å². The van der Waals surface area contributed by atoms with Crippen LogP contribution in [0.1, 0.15) is 6.42 Å². The van der Waals surface area contributed by atoms with E-state index in [-0.39, 0.29) is 6.61 Å². The molecule has 0 spiro atoms. The monoisotopic (exact) mass is 322 g/mol. The average molecular weight is 322 g/mol. The number of ether oxygens (including phenoxy) is 2. The number of hydrogen-bond donors (Lipinski definition) is 1. The molecule has 0 heterocycles. The van der Waals surface area contributed by atoms with Crippen molar-refractivity contribution in [3.8, 4) is 0 Å². The molecule has 0 aliphatic heterocycles. The van der Waals surface area contributed by atoms with Crippen LogP contribution in [-0.4, -0.2) is 44.7 Å². The molecule has 0 saturated carbocycles. The second-order valence-corrected chi connectivity index (χ2v) is 3.99. The highest BCUT2D eigenvalue weighted by Gasteiger charge is 1.90. The van der Waals surface area contributed by atoms with E-state index in [1.807, 2.05) is 0 Å². The second-order valence-electron chi connectivity index (χ2n) is 2.23. The van der Waals surface area contributed by atoms with Gasteiger partial charge in [0.05, 0.1) is 39.5 Å². The molecule has 6 heteroatoms. The van der Waals surface area contributed by atoms with Gasteiger partial charge in [-0.15, -0.1) is 0 Å². The topological polar surface area (TPSA) is 47.9 Å². The Bertz CT molecular complexity index is 86.6. The smallest absolute Gasteiger partial charge is 0.0793 e. The van der Waals surface area contributed by atoms with E-state index in [0.29, 0.717) is 32.9 Å². The fourth-order valence-corrected chi connectivity index (χ4v) is 1.54. The van der Waals surface area contributed by atoms with Gasteiger partial charge in [-0.2, -0.15) is 0 Å². The van der Waals surface area contributed by atoms with Crippen molar-refractivity contribution in [2.24, 2.45) is 0 Å². The van der Waals surface area contributed by atoms with Gasteiger partial charge in [-0.05, 0) is 28.5 Å². The maximum Gasteiger partial charge on any atom is 0.0793 e. The number of aliphatic hydroxyl groups excluding tert-OH is 1. The molecule has 0 bridgehead atoms. The molecule has 0 saturated heterocycles. The zero-order chi connectivity index (χ0) is 9.78. The summed E-state index contributed by atoms with van der Waals surface area (Å²) in [5.41, 5.74) is 0. The van der Waals surface area contributed by atoms with E-state index in [2.05, 4.69) is 22.0 Å². The van der Waals surface area contributed by atoms with Gasteiger partial charge in [0.25, 0.3) is 0 Å². The molecular formula is C7H16IO4P. The molecular weight excluding hydrogens is 306 g/mol. The van der Waals surface area contributed by atoms with Crippen molar-refractivity contribution >= 4 is 28.5 Å². The quantitative estimate of drug-likeness (QED) is 0.375. The lowest BCUT2D eigenvalue weighted by atomic mass is 10.5. The van der Waals surface area contributed by atoms with E-state index in [0.717, 1.165) is 13.0 Å². The highest BCUT2D eigenvalue weighted by molar-refractivity contribution is 14.2. The third-order valence-corrected chi connectivity index (χ3v) is 2.44. The van der Waals surface area contributed by atoms with Gasteiger partial charge in [0, 0.05) is 6.61 Å². The maximum absolute atomic E-state index is 8.38. The molecule has 1 unspecified atom stereocenters. The zero-order valence-electron chi connectivity index (χ0n) is 7.50. The van der Waals surface area contributed by atoms with Crippen molar-refractivity contribution in [3.05, 3.63) is 0 Å². The number of rotatable bonds is 10. The lowest BCUT2D eigenvalue weighted by Gasteiger charge is -2.04. The Hall–Kier alpha value is 1.00. The van der Waals surface area contributed by atoms with Crippen molar-refractivity contribution < 1.29 is 19.1 Å². The molecule has 1 atom stereocenters. The highest BCUT2D eigenvalue weighted by atomic mass is 127. The highest BCUT2D eigenvalue weighted by Crippen LogP contribution is 2.21. The Kier molecular flexibility index (Phi) is 14.0. The van der Waals surface area contributed by atoms with Crippen LogP contribution in [0.15, 0.2) is 0 Å². The van der Waals surface area contributed by atoms with E-state index in [1.54, 1.807) is 0 Å². The molecule has 0 radical (unpaired) electrons. The largest absolute Gasteiger partial charge is 0.394 e. The molecule has 0 aromatic carbocycles. The fourth-order valence-electron chi connectivity index (χ4n) is 0.658. The zero-order valence-corrected chi connectivity index (χ0v) is 10.7. The van der Waals surface area contributed by atoms with E-state index in [4.69, 9.17) is 19.1 Å². The first-order valence-corrected chi connectivity index (χ1v) is 8.18. The second kappa shape index (κ2) is 13.0. The number of halogens is 1. The van der Waals surface area contributed by atoms with Crippen molar-refractivity contribution in [1.29, 1.82) is 0 Å². The molecule has 0 aromatic rings. The Balaban J connectivity index is 2.76. The summed E-state index contributed by atoms with van der Waals surface area (Å²) in [5.74, 6) is 0. The molecule has 1 N–H and O–H groups in total. The van der Waals surface area contributed by atoms with Crippen molar-refractivity contribution in [2.45, 2.75) is 6.42 Å². The van der Waals surface area contributed by atoms with Crippen LogP contribution in [0, 0.1) is 0 Å². The van der Waals surface area contributed by atoms with Crippen LogP contribution in [0.5, 0.6) is 0 Å². The van der Waals surface area contributed by atoms with Crippen LogP contribution in [0.3, 0.4) is 0 Å². The Morgan fingerprint density at radius 2 is 1.69 bits per heavy atom. The maximum atomic E-state index is 8.38. The van der Waals surface area contributed by atoms with Crippen LogP contribution in [0.4, 0.5) is 0 Å². The predicted octanol–water partition coefficient (Wildman–Crippen LogP) is 1.36. The fraction of sp³-hybridized carbons (Fsp3) is 1.00. The lowest BCUT2D eigenvalue weighted by molar-refractivity contribution is 0.0305. The van der Waals surface area contributed by atoms with Gasteiger partial charge in [0.15, 0.2) is 0 Å². The molecule has 13 heavy (non-hydrogen) atoms. The summed E-state index contributed by atoms with van der Waals surface area (Å²) >= 11 is 2.19. The van der Waals surface area contributed by atoms with Crippen LogP contribution in [0.2, 0.25) is 0 Å². The number of aliphatic hydroxyl groups is 1. The minimum absolute atomic E-state index is 0.0738. The molecule has 0 amide bonds. The first-order chi connectivity index (χ1) is 6.41. The molecule has 0 rings (SSSR count). The third-order valence-electron chi connectivity index (χ3n) is 1.20. The third kappa shape index (κ3) is 13.0. The van der Waals surface area contributed by atoms with Gasteiger partial charge in [0.2, 0.25) is 0 Å². The Labute approximate surface area is 93.7 Å². The Morgan fingerprint density at radius 1 is 1.00 bits per heavy atom. The van der Waals surface area contributed by atoms with Gasteiger partial charge >= 0.3 is 0 Å². The molecule has 0 fully saturated rings. The summed E-state index contributed by atoms with van der Waals surface area (Å²) in [6, 6.07) is 0. The number of hydrogen-bond acceptors (Lipinski definition) is 4. The van der Waals surface area contributed by atoms with Crippen molar-refractivity contribution in [2.75, 3.05) is 39.6 Å². The minimum Gasteiger partial charge on any atom is -0.394 e. The van der Waals surface area contributed by atoms with Crippen LogP contribution in [0.25, 0.3) is 0 Å². The molecule has 0 aromatic heterocycles. The van der Waals surface area contributed by atoms with E-state index in [1.165, 1.54) is 0 Å². The van der Waals surface area contributed by atoms with Crippen molar-refractivity contribution in [3.63, 3.8) is 0 Å². The minimum atomic E-state index is 0.0738.